The molecule has 0 rings (SSSR count). The summed E-state index contributed by atoms with van der Waals surface area (Å²) >= 11 is 0. The van der Waals surface area contributed by atoms with Gasteiger partial charge in [0.15, 0.2) is 0 Å². The Balaban J connectivity index is 4.73. The van der Waals surface area contributed by atoms with Crippen LogP contribution in [0.3, 0.4) is 0 Å². The standard InChI is InChI=1S/C14H27N3O5/c1-13(2,3)21-11(18)16-10(15-8-9-20-7)17-12(19)22-14(4,5)6/h8-9H2,1-7H3,(H2,15,16,17,18,19). The first kappa shape index (κ1) is 20.2. The lowest BCUT2D eigenvalue weighted by Gasteiger charge is -2.22. The first-order chi connectivity index (χ1) is 9.93. The van der Waals surface area contributed by atoms with Crippen LogP contribution in [0.15, 0.2) is 4.99 Å². The van der Waals surface area contributed by atoms with Crippen molar-refractivity contribution in [3.8, 4) is 0 Å². The molecule has 2 N–H and O–H groups in total. The SMILES string of the molecule is COCCN=C(NC(=O)OC(C)(C)C)NC(=O)OC(C)(C)C. The van der Waals surface area contributed by atoms with Gasteiger partial charge in [-0.05, 0) is 41.5 Å². The molecule has 0 aliphatic carbocycles. The third-order valence-corrected chi connectivity index (χ3v) is 1.80. The van der Waals surface area contributed by atoms with E-state index in [-0.39, 0.29) is 12.5 Å². The summed E-state index contributed by atoms with van der Waals surface area (Å²) in [5.41, 5.74) is -1.32. The zero-order valence-corrected chi connectivity index (χ0v) is 14.4. The summed E-state index contributed by atoms with van der Waals surface area (Å²) in [6.07, 6.45) is -1.44. The number of aliphatic imine (C=N–C) groups is 1. The van der Waals surface area contributed by atoms with Crippen LogP contribution < -0.4 is 10.6 Å². The first-order valence-corrected chi connectivity index (χ1v) is 6.96. The number of nitrogens with zero attached hydrogens (tertiary/aromatic N) is 1. The molecule has 0 aromatic carbocycles. The molecular weight excluding hydrogens is 290 g/mol. The second-order valence-corrected chi connectivity index (χ2v) is 6.48. The van der Waals surface area contributed by atoms with Gasteiger partial charge >= 0.3 is 12.2 Å². The van der Waals surface area contributed by atoms with Crippen LogP contribution >= 0.6 is 0 Å². The van der Waals surface area contributed by atoms with E-state index in [1.54, 1.807) is 41.5 Å². The fourth-order valence-electron chi connectivity index (χ4n) is 1.16. The molecule has 0 spiro atoms. The minimum Gasteiger partial charge on any atom is -0.444 e. The fraction of sp³-hybridized carbons (Fsp3) is 0.786. The minimum atomic E-state index is -0.722. The second kappa shape index (κ2) is 8.57. The Kier molecular flexibility index (Phi) is 7.86. The fourth-order valence-corrected chi connectivity index (χ4v) is 1.16. The molecule has 2 amide bonds. The van der Waals surface area contributed by atoms with Crippen LogP contribution in [-0.2, 0) is 14.2 Å². The molecular formula is C14H27N3O5. The van der Waals surface area contributed by atoms with Crippen molar-refractivity contribution in [3.63, 3.8) is 0 Å². The summed E-state index contributed by atoms with van der Waals surface area (Å²) in [4.78, 5) is 27.5. The van der Waals surface area contributed by atoms with Crippen LogP contribution in [0.25, 0.3) is 0 Å². The van der Waals surface area contributed by atoms with Crippen LogP contribution in [0, 0.1) is 0 Å². The lowest BCUT2D eigenvalue weighted by Crippen LogP contribution is -2.47. The van der Waals surface area contributed by atoms with Gasteiger partial charge in [0.1, 0.15) is 11.2 Å². The maximum absolute atomic E-state index is 11.7. The molecule has 0 aliphatic heterocycles. The molecule has 0 aromatic rings. The molecule has 0 unspecified atom stereocenters. The van der Waals surface area contributed by atoms with Crippen LogP contribution in [0.5, 0.6) is 0 Å². The van der Waals surface area contributed by atoms with E-state index >= 15 is 0 Å². The Bertz CT molecular complexity index is 376. The van der Waals surface area contributed by atoms with Crippen molar-refractivity contribution in [2.75, 3.05) is 20.3 Å². The normalized spacial score (nSPS) is 11.4. The van der Waals surface area contributed by atoms with E-state index in [9.17, 15) is 9.59 Å². The van der Waals surface area contributed by atoms with E-state index in [0.29, 0.717) is 6.61 Å². The third-order valence-electron chi connectivity index (χ3n) is 1.80. The van der Waals surface area contributed by atoms with Gasteiger partial charge in [-0.3, -0.25) is 10.6 Å². The lowest BCUT2D eigenvalue weighted by atomic mass is 10.2. The predicted molar refractivity (Wildman–Crippen MR) is 82.9 cm³/mol. The molecule has 0 fully saturated rings. The molecule has 0 atom stereocenters. The highest BCUT2D eigenvalue weighted by Crippen LogP contribution is 2.07. The number of rotatable bonds is 3. The summed E-state index contributed by atoms with van der Waals surface area (Å²) < 4.78 is 15.1. The van der Waals surface area contributed by atoms with Crippen LogP contribution in [-0.4, -0.2) is 49.6 Å². The Morgan fingerprint density at radius 3 is 1.64 bits per heavy atom. The molecule has 0 bridgehead atoms. The van der Waals surface area contributed by atoms with Gasteiger partial charge in [0.05, 0.1) is 13.2 Å². The van der Waals surface area contributed by atoms with Gasteiger partial charge in [-0.2, -0.15) is 0 Å². The van der Waals surface area contributed by atoms with Gasteiger partial charge in [0, 0.05) is 7.11 Å². The Labute approximate surface area is 131 Å². The van der Waals surface area contributed by atoms with Gasteiger partial charge < -0.3 is 14.2 Å². The number of amides is 2. The van der Waals surface area contributed by atoms with E-state index in [0.717, 1.165) is 0 Å². The molecule has 0 aliphatic rings. The van der Waals surface area contributed by atoms with Crippen LogP contribution in [0.4, 0.5) is 9.59 Å². The van der Waals surface area contributed by atoms with Gasteiger partial charge in [-0.1, -0.05) is 0 Å². The third kappa shape index (κ3) is 12.0. The molecule has 128 valence electrons. The van der Waals surface area contributed by atoms with Crippen molar-refractivity contribution < 1.29 is 23.8 Å². The van der Waals surface area contributed by atoms with Gasteiger partial charge in [-0.15, -0.1) is 0 Å². The maximum Gasteiger partial charge on any atom is 0.414 e. The zero-order valence-electron chi connectivity index (χ0n) is 14.4. The molecule has 0 saturated heterocycles. The highest BCUT2D eigenvalue weighted by Gasteiger charge is 2.21. The molecule has 0 heterocycles. The first-order valence-electron chi connectivity index (χ1n) is 6.96. The van der Waals surface area contributed by atoms with Crippen molar-refractivity contribution in [2.24, 2.45) is 4.99 Å². The average molecular weight is 317 g/mol. The second-order valence-electron chi connectivity index (χ2n) is 6.48. The van der Waals surface area contributed by atoms with Crippen molar-refractivity contribution in [2.45, 2.75) is 52.7 Å². The van der Waals surface area contributed by atoms with E-state index in [2.05, 4.69) is 15.6 Å². The van der Waals surface area contributed by atoms with E-state index in [4.69, 9.17) is 14.2 Å². The molecule has 8 heteroatoms. The molecule has 0 saturated carbocycles. The lowest BCUT2D eigenvalue weighted by molar-refractivity contribution is 0.0545. The monoisotopic (exact) mass is 317 g/mol. The number of guanidine groups is 1. The van der Waals surface area contributed by atoms with Gasteiger partial charge in [0.25, 0.3) is 0 Å². The Morgan fingerprint density at radius 1 is 0.909 bits per heavy atom. The molecule has 22 heavy (non-hydrogen) atoms. The zero-order chi connectivity index (χ0) is 17.4. The average Bonchev–Trinajstić information content (AvgIpc) is 2.23. The molecule has 0 aromatic heterocycles. The summed E-state index contributed by atoms with van der Waals surface area (Å²) in [7, 11) is 1.53. The number of ether oxygens (including phenoxy) is 3. The van der Waals surface area contributed by atoms with Gasteiger partial charge in [0.2, 0.25) is 5.96 Å². The van der Waals surface area contributed by atoms with Gasteiger partial charge in [-0.25, -0.2) is 14.6 Å². The number of nitrogens with one attached hydrogen (secondary N) is 2. The quantitative estimate of drug-likeness (QED) is 0.471. The summed E-state index contributed by atoms with van der Waals surface area (Å²) in [5, 5.41) is 4.74. The number of alkyl carbamates (subject to hydrolysis) is 2. The number of hydrogen-bond acceptors (Lipinski definition) is 6. The van der Waals surface area contributed by atoms with E-state index < -0.39 is 23.4 Å². The van der Waals surface area contributed by atoms with Crippen molar-refractivity contribution in [1.82, 2.24) is 10.6 Å². The van der Waals surface area contributed by atoms with Crippen molar-refractivity contribution >= 4 is 18.1 Å². The smallest absolute Gasteiger partial charge is 0.414 e. The van der Waals surface area contributed by atoms with Crippen molar-refractivity contribution in [1.29, 1.82) is 0 Å². The minimum absolute atomic E-state index is 0.0550. The largest absolute Gasteiger partial charge is 0.444 e. The Morgan fingerprint density at radius 2 is 1.32 bits per heavy atom. The van der Waals surface area contributed by atoms with E-state index in [1.807, 2.05) is 0 Å². The molecule has 0 radical (unpaired) electrons. The van der Waals surface area contributed by atoms with Crippen LogP contribution in [0.1, 0.15) is 41.5 Å². The number of carbonyl (C=O) groups excluding carboxylic acids is 2. The number of carbonyl (C=O) groups is 2. The highest BCUT2D eigenvalue weighted by atomic mass is 16.6. The summed E-state index contributed by atoms with van der Waals surface area (Å²) in [5.74, 6) is -0.0550. The summed E-state index contributed by atoms with van der Waals surface area (Å²) in [6.45, 7) is 11.0. The van der Waals surface area contributed by atoms with Crippen LogP contribution in [0.2, 0.25) is 0 Å². The topological polar surface area (TPSA) is 98.3 Å². The summed E-state index contributed by atoms with van der Waals surface area (Å²) in [6, 6.07) is 0. The molecule has 8 nitrogen and oxygen atoms in total. The predicted octanol–water partition coefficient (Wildman–Crippen LogP) is 2.04. The maximum atomic E-state index is 11.7. The van der Waals surface area contributed by atoms with E-state index in [1.165, 1.54) is 7.11 Å². The highest BCUT2D eigenvalue weighted by molar-refractivity contribution is 6.01. The number of methoxy groups -OCH3 is 1. The number of hydrogen-bond donors (Lipinski definition) is 2. The Hall–Kier alpha value is -1.83. The van der Waals surface area contributed by atoms with Crippen molar-refractivity contribution in [3.05, 3.63) is 0 Å².